The Bertz CT molecular complexity index is 730. The minimum Gasteiger partial charge on any atom is -0.210 e. The summed E-state index contributed by atoms with van der Waals surface area (Å²) in [5, 5.41) is 1.77. The van der Waals surface area contributed by atoms with Crippen LogP contribution in [0.3, 0.4) is 0 Å². The molecule has 0 fully saturated rings. The summed E-state index contributed by atoms with van der Waals surface area (Å²) in [7, 11) is -3.63. The summed E-state index contributed by atoms with van der Waals surface area (Å²) in [5.74, 6) is 0. The third-order valence-corrected chi connectivity index (χ3v) is 8.56. The molecule has 24 heavy (non-hydrogen) atoms. The quantitative estimate of drug-likeness (QED) is 0.501. The summed E-state index contributed by atoms with van der Waals surface area (Å²) < 4.78 is 42.1. The van der Waals surface area contributed by atoms with Gasteiger partial charge in [-0.05, 0) is 15.6 Å². The molecule has 3 aromatic rings. The van der Waals surface area contributed by atoms with Crippen molar-refractivity contribution in [1.29, 1.82) is 0 Å². The van der Waals surface area contributed by atoms with E-state index in [2.05, 4.69) is 0 Å². The molecule has 0 aliphatic heterocycles. The van der Waals surface area contributed by atoms with E-state index >= 15 is 4.39 Å². The monoisotopic (exact) mass is 340 g/mol. The lowest BCUT2D eigenvalue weighted by Gasteiger charge is -2.31. The van der Waals surface area contributed by atoms with Crippen LogP contribution in [0, 0.1) is 0 Å². The molecule has 120 valence electrons. The smallest absolute Gasteiger partial charge is 0.210 e. The molecule has 0 saturated carbocycles. The highest BCUT2D eigenvalue weighted by Gasteiger charge is 2.46. The van der Waals surface area contributed by atoms with E-state index in [-0.39, 0.29) is 0 Å². The minimum absolute atomic E-state index is 0.590. The summed E-state index contributed by atoms with van der Waals surface area (Å²) in [6.45, 7) is 0. The molecule has 0 heterocycles. The molecular formula is C20H15F3Si. The number of hydrogen-bond acceptors (Lipinski definition) is 0. The van der Waals surface area contributed by atoms with Gasteiger partial charge in [-0.2, -0.15) is 8.78 Å². The standard InChI is InChI=1S/C20H15F3Si/c21-19(22)20(23)24(16-10-4-1-5-11-16,17-12-6-2-7-13-17)18-14-8-3-9-15-18/h1-15H. The third kappa shape index (κ3) is 2.69. The SMILES string of the molecule is FC(F)=C(F)[Si](c1ccccc1)(c1ccccc1)c1ccccc1. The summed E-state index contributed by atoms with van der Waals surface area (Å²) in [5.41, 5.74) is -1.31. The summed E-state index contributed by atoms with van der Waals surface area (Å²) in [4.78, 5) is 0. The van der Waals surface area contributed by atoms with Gasteiger partial charge in [0.25, 0.3) is 6.08 Å². The Hall–Kier alpha value is -2.59. The van der Waals surface area contributed by atoms with Gasteiger partial charge >= 0.3 is 0 Å². The molecule has 0 aromatic heterocycles. The topological polar surface area (TPSA) is 0 Å². The molecule has 0 amide bonds. The van der Waals surface area contributed by atoms with Gasteiger partial charge in [0, 0.05) is 0 Å². The van der Waals surface area contributed by atoms with Gasteiger partial charge < -0.3 is 0 Å². The van der Waals surface area contributed by atoms with E-state index in [9.17, 15) is 8.78 Å². The van der Waals surface area contributed by atoms with E-state index < -0.39 is 19.6 Å². The van der Waals surface area contributed by atoms with Crippen molar-refractivity contribution in [3.63, 3.8) is 0 Å². The fourth-order valence-electron chi connectivity index (χ4n) is 3.09. The Labute approximate surface area is 139 Å². The number of hydrogen-bond donors (Lipinski definition) is 0. The normalized spacial score (nSPS) is 11.1. The van der Waals surface area contributed by atoms with Crippen molar-refractivity contribution in [2.45, 2.75) is 0 Å². The Balaban J connectivity index is 2.45. The molecular weight excluding hydrogens is 325 g/mol. The fourth-order valence-corrected chi connectivity index (χ4v) is 7.21. The second-order valence-electron chi connectivity index (χ2n) is 5.42. The number of benzene rings is 3. The van der Waals surface area contributed by atoms with Gasteiger partial charge in [0.1, 0.15) is 0 Å². The average molecular weight is 340 g/mol. The first-order valence-corrected chi connectivity index (χ1v) is 9.55. The fraction of sp³-hybridized carbons (Fsp3) is 0. The molecule has 0 aliphatic carbocycles. The van der Waals surface area contributed by atoms with E-state index in [4.69, 9.17) is 0 Å². The van der Waals surface area contributed by atoms with Crippen LogP contribution in [0.2, 0.25) is 0 Å². The molecule has 0 nitrogen and oxygen atoms in total. The van der Waals surface area contributed by atoms with Gasteiger partial charge in [0.2, 0.25) is 8.07 Å². The van der Waals surface area contributed by atoms with Gasteiger partial charge in [0.15, 0.2) is 5.45 Å². The summed E-state index contributed by atoms with van der Waals surface area (Å²) >= 11 is 0. The number of rotatable bonds is 4. The first kappa shape index (κ1) is 16.3. The summed E-state index contributed by atoms with van der Waals surface area (Å²) in [6.07, 6.45) is -2.25. The van der Waals surface area contributed by atoms with Gasteiger partial charge in [-0.1, -0.05) is 91.0 Å². The molecule has 0 aliphatic rings. The van der Waals surface area contributed by atoms with E-state index in [1.54, 1.807) is 91.0 Å². The zero-order valence-corrected chi connectivity index (χ0v) is 13.8. The highest BCUT2D eigenvalue weighted by Crippen LogP contribution is 2.23. The largest absolute Gasteiger partial charge is 0.298 e. The Morgan fingerprint density at radius 3 is 1.04 bits per heavy atom. The van der Waals surface area contributed by atoms with Gasteiger partial charge in [-0.15, -0.1) is 0 Å². The van der Waals surface area contributed by atoms with E-state index in [1.807, 2.05) is 0 Å². The highest BCUT2D eigenvalue weighted by atomic mass is 28.3. The van der Waals surface area contributed by atoms with Crippen molar-refractivity contribution in [3.8, 4) is 0 Å². The van der Waals surface area contributed by atoms with Crippen LogP contribution in [0.5, 0.6) is 0 Å². The van der Waals surface area contributed by atoms with E-state index in [1.165, 1.54) is 0 Å². The van der Waals surface area contributed by atoms with Crippen molar-refractivity contribution in [2.75, 3.05) is 0 Å². The maximum absolute atomic E-state index is 15.1. The highest BCUT2D eigenvalue weighted by molar-refractivity contribution is 7.15. The maximum atomic E-state index is 15.1. The molecule has 0 spiro atoms. The Kier molecular flexibility index (Phi) is 4.67. The van der Waals surface area contributed by atoms with Crippen LogP contribution in [0.15, 0.2) is 103 Å². The first-order valence-electron chi connectivity index (χ1n) is 7.55. The van der Waals surface area contributed by atoms with Gasteiger partial charge in [0.05, 0.1) is 0 Å². The van der Waals surface area contributed by atoms with Crippen molar-refractivity contribution in [3.05, 3.63) is 103 Å². The zero-order chi connectivity index (χ0) is 17.0. The molecule has 0 unspecified atom stereocenters. The third-order valence-electron chi connectivity index (χ3n) is 4.12. The second kappa shape index (κ2) is 6.89. The molecule has 0 radical (unpaired) electrons. The van der Waals surface area contributed by atoms with Crippen molar-refractivity contribution in [2.24, 2.45) is 0 Å². The second-order valence-corrected chi connectivity index (χ2v) is 9.09. The van der Waals surface area contributed by atoms with E-state index in [0.717, 1.165) is 0 Å². The zero-order valence-electron chi connectivity index (χ0n) is 12.8. The van der Waals surface area contributed by atoms with Gasteiger partial charge in [-0.25, -0.2) is 4.39 Å². The van der Waals surface area contributed by atoms with Crippen LogP contribution >= 0.6 is 0 Å². The van der Waals surface area contributed by atoms with Crippen LogP contribution in [-0.4, -0.2) is 8.07 Å². The van der Waals surface area contributed by atoms with Crippen LogP contribution in [-0.2, 0) is 0 Å². The molecule has 0 N–H and O–H groups in total. The molecule has 0 bridgehead atoms. The van der Waals surface area contributed by atoms with E-state index in [0.29, 0.717) is 15.6 Å². The average Bonchev–Trinajstić information content (AvgIpc) is 2.65. The number of halogens is 3. The van der Waals surface area contributed by atoms with Gasteiger partial charge in [-0.3, -0.25) is 0 Å². The maximum Gasteiger partial charge on any atom is 0.298 e. The molecule has 0 atom stereocenters. The van der Waals surface area contributed by atoms with Crippen molar-refractivity contribution < 1.29 is 13.2 Å². The minimum atomic E-state index is -3.63. The molecule has 0 saturated heterocycles. The van der Waals surface area contributed by atoms with Crippen LogP contribution < -0.4 is 15.6 Å². The molecule has 3 rings (SSSR count). The van der Waals surface area contributed by atoms with Crippen molar-refractivity contribution >= 4 is 23.6 Å². The lowest BCUT2D eigenvalue weighted by Crippen LogP contribution is -2.68. The van der Waals surface area contributed by atoms with Crippen LogP contribution in [0.4, 0.5) is 13.2 Å². The van der Waals surface area contributed by atoms with Crippen molar-refractivity contribution in [1.82, 2.24) is 0 Å². The molecule has 4 heteroatoms. The lowest BCUT2D eigenvalue weighted by molar-refractivity contribution is 0.392. The molecule has 3 aromatic carbocycles. The first-order chi connectivity index (χ1) is 11.7. The van der Waals surface area contributed by atoms with Crippen LogP contribution in [0.25, 0.3) is 0 Å². The van der Waals surface area contributed by atoms with Crippen LogP contribution in [0.1, 0.15) is 0 Å². The summed E-state index contributed by atoms with van der Waals surface area (Å²) in [6, 6.07) is 26.3. The Morgan fingerprint density at radius 1 is 0.500 bits per heavy atom. The Morgan fingerprint density at radius 2 is 0.792 bits per heavy atom. The predicted octanol–water partition coefficient (Wildman–Crippen LogP) is 3.77. The predicted molar refractivity (Wildman–Crippen MR) is 94.3 cm³/mol. The lowest BCUT2D eigenvalue weighted by atomic mass is 10.3.